The van der Waals surface area contributed by atoms with E-state index in [9.17, 15) is 0 Å². The minimum atomic E-state index is 0.0141. The third-order valence-electron chi connectivity index (χ3n) is 3.86. The van der Waals surface area contributed by atoms with Gasteiger partial charge < -0.3 is 16.2 Å². The van der Waals surface area contributed by atoms with Crippen LogP contribution in [0.2, 0.25) is 0 Å². The molecule has 1 aliphatic heterocycles. The number of aryl methyl sites for hydroxylation is 1. The van der Waals surface area contributed by atoms with E-state index in [1.165, 1.54) is 0 Å². The number of fused-ring (bicyclic) bond motifs is 1. The molecule has 5 N–H and O–H groups in total. The van der Waals surface area contributed by atoms with Crippen molar-refractivity contribution in [2.75, 3.05) is 6.54 Å². The highest BCUT2D eigenvalue weighted by Gasteiger charge is 2.33. The molecule has 0 spiro atoms. The Morgan fingerprint density at radius 3 is 2.71 bits per heavy atom. The topological polar surface area (TPSA) is 90.0 Å². The SMILES string of the molecule is CCCc1[nH]nc2c1C(c1ccccc1)C(CN)=C(N)O2. The van der Waals surface area contributed by atoms with Gasteiger partial charge in [-0.15, -0.1) is 5.10 Å². The Morgan fingerprint density at radius 2 is 2.05 bits per heavy atom. The fourth-order valence-corrected chi connectivity index (χ4v) is 2.90. The Labute approximate surface area is 124 Å². The van der Waals surface area contributed by atoms with Crippen molar-refractivity contribution in [2.24, 2.45) is 11.5 Å². The first-order valence-corrected chi connectivity index (χ1v) is 7.24. The second kappa shape index (κ2) is 5.61. The number of H-pyrrole nitrogens is 1. The molecule has 0 saturated heterocycles. The molecule has 110 valence electrons. The van der Waals surface area contributed by atoms with Crippen molar-refractivity contribution >= 4 is 0 Å². The third kappa shape index (κ3) is 2.29. The summed E-state index contributed by atoms with van der Waals surface area (Å²) in [7, 11) is 0. The number of ether oxygens (including phenoxy) is 1. The molecule has 0 bridgehead atoms. The highest BCUT2D eigenvalue weighted by Crippen LogP contribution is 2.42. The molecule has 3 rings (SSSR count). The minimum absolute atomic E-state index is 0.0141. The maximum atomic E-state index is 6.04. The second-order valence-corrected chi connectivity index (χ2v) is 5.21. The molecule has 0 amide bonds. The molecular weight excluding hydrogens is 264 g/mol. The maximum Gasteiger partial charge on any atom is 0.244 e. The van der Waals surface area contributed by atoms with Crippen molar-refractivity contribution in [3.05, 3.63) is 58.6 Å². The average molecular weight is 284 g/mol. The molecule has 0 fully saturated rings. The van der Waals surface area contributed by atoms with Crippen LogP contribution >= 0.6 is 0 Å². The molecule has 0 radical (unpaired) electrons. The van der Waals surface area contributed by atoms with Gasteiger partial charge in [0.15, 0.2) is 5.88 Å². The Morgan fingerprint density at radius 1 is 1.29 bits per heavy atom. The Bertz CT molecular complexity index is 660. The number of nitrogens with two attached hydrogens (primary N) is 2. The molecule has 5 heteroatoms. The summed E-state index contributed by atoms with van der Waals surface area (Å²) in [5, 5.41) is 7.35. The molecular formula is C16H20N4O. The zero-order chi connectivity index (χ0) is 14.8. The fraction of sp³-hybridized carbons (Fsp3) is 0.312. The van der Waals surface area contributed by atoms with E-state index in [-0.39, 0.29) is 5.92 Å². The van der Waals surface area contributed by atoms with Crippen LogP contribution in [0.5, 0.6) is 5.88 Å². The number of hydrogen-bond donors (Lipinski definition) is 3. The molecule has 2 heterocycles. The molecule has 1 atom stereocenters. The molecule has 2 aromatic rings. The van der Waals surface area contributed by atoms with Crippen LogP contribution in [-0.2, 0) is 6.42 Å². The summed E-state index contributed by atoms with van der Waals surface area (Å²) in [6, 6.07) is 10.2. The van der Waals surface area contributed by atoms with Crippen LogP contribution in [0.3, 0.4) is 0 Å². The van der Waals surface area contributed by atoms with Crippen molar-refractivity contribution in [1.29, 1.82) is 0 Å². The Kier molecular flexibility index (Phi) is 3.66. The predicted octanol–water partition coefficient (Wildman–Crippen LogP) is 2.02. The first-order chi connectivity index (χ1) is 10.3. The second-order valence-electron chi connectivity index (χ2n) is 5.21. The van der Waals surface area contributed by atoms with E-state index in [0.29, 0.717) is 18.3 Å². The Hall–Kier alpha value is -2.27. The Balaban J connectivity index is 2.17. The summed E-state index contributed by atoms with van der Waals surface area (Å²) < 4.78 is 5.65. The van der Waals surface area contributed by atoms with Crippen LogP contribution in [0, 0.1) is 0 Å². The first kappa shape index (κ1) is 13.7. The van der Waals surface area contributed by atoms with Crippen LogP contribution in [0.1, 0.15) is 36.1 Å². The molecule has 0 saturated carbocycles. The number of nitrogens with one attached hydrogen (secondary N) is 1. The van der Waals surface area contributed by atoms with Gasteiger partial charge in [-0.1, -0.05) is 43.7 Å². The van der Waals surface area contributed by atoms with Crippen LogP contribution in [0.25, 0.3) is 0 Å². The minimum Gasteiger partial charge on any atom is -0.421 e. The lowest BCUT2D eigenvalue weighted by atomic mass is 9.83. The number of aromatic amines is 1. The lowest BCUT2D eigenvalue weighted by molar-refractivity contribution is 0.373. The van der Waals surface area contributed by atoms with Crippen molar-refractivity contribution in [1.82, 2.24) is 10.2 Å². The number of benzene rings is 1. The van der Waals surface area contributed by atoms with Crippen LogP contribution in [0.4, 0.5) is 0 Å². The van der Waals surface area contributed by atoms with E-state index in [0.717, 1.165) is 35.2 Å². The van der Waals surface area contributed by atoms with E-state index in [4.69, 9.17) is 16.2 Å². The molecule has 5 nitrogen and oxygen atoms in total. The summed E-state index contributed by atoms with van der Waals surface area (Å²) in [6.45, 7) is 2.50. The van der Waals surface area contributed by atoms with Gasteiger partial charge in [-0.05, 0) is 12.0 Å². The predicted molar refractivity (Wildman–Crippen MR) is 81.8 cm³/mol. The standard InChI is InChI=1S/C16H20N4O/c1-2-6-12-14-13(10-7-4-3-5-8-10)11(9-17)15(18)21-16(14)20-19-12/h3-5,7-8,13H,2,6,9,17-18H2,1H3,(H,19,20). The molecule has 1 unspecified atom stereocenters. The van der Waals surface area contributed by atoms with Gasteiger partial charge in [-0.3, -0.25) is 5.10 Å². The third-order valence-corrected chi connectivity index (χ3v) is 3.86. The summed E-state index contributed by atoms with van der Waals surface area (Å²) in [6.07, 6.45) is 1.96. The maximum absolute atomic E-state index is 6.04. The monoisotopic (exact) mass is 284 g/mol. The first-order valence-electron chi connectivity index (χ1n) is 7.24. The normalized spacial score (nSPS) is 17.5. The molecule has 1 aromatic heterocycles. The van der Waals surface area contributed by atoms with Gasteiger partial charge in [-0.25, -0.2) is 0 Å². The van der Waals surface area contributed by atoms with Gasteiger partial charge in [0.1, 0.15) is 0 Å². The zero-order valence-electron chi connectivity index (χ0n) is 12.1. The van der Waals surface area contributed by atoms with Crippen molar-refractivity contribution in [3.8, 4) is 5.88 Å². The molecule has 1 aromatic carbocycles. The number of nitrogens with zero attached hydrogens (tertiary/aromatic N) is 1. The van der Waals surface area contributed by atoms with Gasteiger partial charge >= 0.3 is 0 Å². The van der Waals surface area contributed by atoms with Gasteiger partial charge in [0.2, 0.25) is 5.88 Å². The van der Waals surface area contributed by atoms with Crippen molar-refractivity contribution < 1.29 is 4.74 Å². The van der Waals surface area contributed by atoms with E-state index in [2.05, 4.69) is 29.3 Å². The number of rotatable bonds is 4. The van der Waals surface area contributed by atoms with E-state index >= 15 is 0 Å². The van der Waals surface area contributed by atoms with Gasteiger partial charge in [0.05, 0.1) is 0 Å². The summed E-state index contributed by atoms with van der Waals surface area (Å²) >= 11 is 0. The molecule has 21 heavy (non-hydrogen) atoms. The lowest BCUT2D eigenvalue weighted by Crippen LogP contribution is -2.26. The van der Waals surface area contributed by atoms with E-state index in [1.807, 2.05) is 18.2 Å². The summed E-state index contributed by atoms with van der Waals surface area (Å²) in [4.78, 5) is 0. The molecule has 0 aliphatic carbocycles. The number of hydrogen-bond acceptors (Lipinski definition) is 4. The lowest BCUT2D eigenvalue weighted by Gasteiger charge is -2.27. The average Bonchev–Trinajstić information content (AvgIpc) is 2.89. The molecule has 1 aliphatic rings. The van der Waals surface area contributed by atoms with Crippen molar-refractivity contribution in [3.63, 3.8) is 0 Å². The smallest absolute Gasteiger partial charge is 0.244 e. The van der Waals surface area contributed by atoms with Crippen LogP contribution < -0.4 is 16.2 Å². The van der Waals surface area contributed by atoms with E-state index < -0.39 is 0 Å². The zero-order valence-corrected chi connectivity index (χ0v) is 12.1. The quantitative estimate of drug-likeness (QED) is 0.801. The number of aromatic nitrogens is 2. The summed E-state index contributed by atoms with van der Waals surface area (Å²) in [5.41, 5.74) is 16.2. The van der Waals surface area contributed by atoms with Crippen molar-refractivity contribution in [2.45, 2.75) is 25.7 Å². The van der Waals surface area contributed by atoms with Crippen LogP contribution in [0.15, 0.2) is 41.8 Å². The fourth-order valence-electron chi connectivity index (χ4n) is 2.90. The van der Waals surface area contributed by atoms with Gasteiger partial charge in [0, 0.05) is 29.3 Å². The van der Waals surface area contributed by atoms with E-state index in [1.54, 1.807) is 0 Å². The largest absolute Gasteiger partial charge is 0.421 e. The van der Waals surface area contributed by atoms with Crippen LogP contribution in [-0.4, -0.2) is 16.7 Å². The summed E-state index contributed by atoms with van der Waals surface area (Å²) in [5.74, 6) is 0.954. The van der Waals surface area contributed by atoms with Gasteiger partial charge in [0.25, 0.3) is 0 Å². The highest BCUT2D eigenvalue weighted by molar-refractivity contribution is 5.51. The van der Waals surface area contributed by atoms with Gasteiger partial charge in [-0.2, -0.15) is 0 Å². The highest BCUT2D eigenvalue weighted by atomic mass is 16.5.